The molecule has 1 saturated heterocycles. The molecule has 5 heteroatoms. The van der Waals surface area contributed by atoms with Crippen molar-refractivity contribution in [2.24, 2.45) is 5.92 Å². The Balaban J connectivity index is 1.97. The smallest absolute Gasteiger partial charge is 0.372 e. The second-order valence-corrected chi connectivity index (χ2v) is 3.67. The second kappa shape index (κ2) is 5.56. The molecule has 1 aliphatic rings. The van der Waals surface area contributed by atoms with Gasteiger partial charge in [0.2, 0.25) is 0 Å². The molecule has 0 aromatic rings. The first-order valence-corrected chi connectivity index (χ1v) is 4.93. The summed E-state index contributed by atoms with van der Waals surface area (Å²) in [7, 11) is 0. The van der Waals surface area contributed by atoms with Gasteiger partial charge in [-0.3, -0.25) is 0 Å². The van der Waals surface area contributed by atoms with Gasteiger partial charge < -0.3 is 10.1 Å². The van der Waals surface area contributed by atoms with E-state index in [0.29, 0.717) is 5.92 Å². The van der Waals surface area contributed by atoms with E-state index in [1.807, 2.05) is 0 Å². The number of piperidine rings is 1. The molecule has 0 bridgehead atoms. The monoisotopic (exact) mass is 211 g/mol. The first-order chi connectivity index (χ1) is 6.58. The highest BCUT2D eigenvalue weighted by molar-refractivity contribution is 4.68. The predicted molar refractivity (Wildman–Crippen MR) is 47.1 cm³/mol. The Labute approximate surface area is 81.8 Å². The van der Waals surface area contributed by atoms with Gasteiger partial charge >= 0.3 is 6.18 Å². The summed E-state index contributed by atoms with van der Waals surface area (Å²) in [5, 5.41) is 3.21. The molecule has 0 spiro atoms. The third kappa shape index (κ3) is 5.44. The summed E-state index contributed by atoms with van der Waals surface area (Å²) in [6.07, 6.45) is -1.25. The van der Waals surface area contributed by atoms with Crippen molar-refractivity contribution < 1.29 is 17.9 Å². The quantitative estimate of drug-likeness (QED) is 0.718. The Morgan fingerprint density at radius 3 is 2.71 bits per heavy atom. The van der Waals surface area contributed by atoms with Gasteiger partial charge in [-0.05, 0) is 38.3 Å². The zero-order valence-electron chi connectivity index (χ0n) is 8.07. The molecule has 0 aromatic carbocycles. The average Bonchev–Trinajstić information content (AvgIpc) is 2.13. The Hall–Kier alpha value is -0.290. The molecule has 1 unspecified atom stereocenters. The zero-order chi connectivity index (χ0) is 10.4. The third-order valence-electron chi connectivity index (χ3n) is 2.34. The molecule has 1 N–H and O–H groups in total. The normalized spacial score (nSPS) is 23.8. The second-order valence-electron chi connectivity index (χ2n) is 3.67. The first kappa shape index (κ1) is 11.8. The molecular formula is C9H16F3NO. The fraction of sp³-hybridized carbons (Fsp3) is 1.00. The van der Waals surface area contributed by atoms with E-state index in [4.69, 9.17) is 0 Å². The lowest BCUT2D eigenvalue weighted by molar-refractivity contribution is -0.174. The van der Waals surface area contributed by atoms with E-state index < -0.39 is 12.8 Å². The highest BCUT2D eigenvalue weighted by Crippen LogP contribution is 2.17. The van der Waals surface area contributed by atoms with E-state index in [9.17, 15) is 13.2 Å². The van der Waals surface area contributed by atoms with Gasteiger partial charge in [-0.15, -0.1) is 0 Å². The predicted octanol–water partition coefficient (Wildman–Crippen LogP) is 1.95. The number of halogens is 3. The fourth-order valence-electron chi connectivity index (χ4n) is 1.61. The highest BCUT2D eigenvalue weighted by Gasteiger charge is 2.27. The molecule has 84 valence electrons. The largest absolute Gasteiger partial charge is 0.411 e. The molecule has 1 aliphatic heterocycles. The Morgan fingerprint density at radius 2 is 2.14 bits per heavy atom. The van der Waals surface area contributed by atoms with Crippen molar-refractivity contribution in [2.45, 2.75) is 25.4 Å². The standard InChI is InChI=1S/C9H16F3NO/c10-9(11,12)7-14-5-3-8-2-1-4-13-6-8/h8,13H,1-7H2. The Kier molecular flexibility index (Phi) is 4.68. The van der Waals surface area contributed by atoms with Crippen molar-refractivity contribution in [3.8, 4) is 0 Å². The van der Waals surface area contributed by atoms with E-state index >= 15 is 0 Å². The van der Waals surface area contributed by atoms with E-state index in [1.54, 1.807) is 0 Å². The number of alkyl halides is 3. The first-order valence-electron chi connectivity index (χ1n) is 4.93. The molecule has 0 amide bonds. The van der Waals surface area contributed by atoms with Crippen LogP contribution in [0.1, 0.15) is 19.3 Å². The minimum absolute atomic E-state index is 0.214. The fourth-order valence-corrected chi connectivity index (χ4v) is 1.61. The molecule has 14 heavy (non-hydrogen) atoms. The van der Waals surface area contributed by atoms with Gasteiger partial charge in [-0.2, -0.15) is 13.2 Å². The van der Waals surface area contributed by atoms with Crippen molar-refractivity contribution in [3.05, 3.63) is 0 Å². The van der Waals surface area contributed by atoms with Crippen molar-refractivity contribution in [3.63, 3.8) is 0 Å². The van der Waals surface area contributed by atoms with Gasteiger partial charge in [0.15, 0.2) is 0 Å². The van der Waals surface area contributed by atoms with Gasteiger partial charge in [0.25, 0.3) is 0 Å². The number of hydrogen-bond donors (Lipinski definition) is 1. The lowest BCUT2D eigenvalue weighted by atomic mass is 9.97. The van der Waals surface area contributed by atoms with Crippen LogP contribution in [0.4, 0.5) is 13.2 Å². The lowest BCUT2D eigenvalue weighted by Crippen LogP contribution is -2.30. The molecule has 0 aromatic heterocycles. The van der Waals surface area contributed by atoms with Crippen LogP contribution in [0.5, 0.6) is 0 Å². The van der Waals surface area contributed by atoms with Crippen LogP contribution in [-0.2, 0) is 4.74 Å². The minimum atomic E-state index is -4.19. The Morgan fingerprint density at radius 1 is 1.36 bits per heavy atom. The molecule has 0 aliphatic carbocycles. The Bertz CT molecular complexity index is 155. The summed E-state index contributed by atoms with van der Waals surface area (Å²) < 4.78 is 39.6. The van der Waals surface area contributed by atoms with Crippen LogP contribution < -0.4 is 5.32 Å². The van der Waals surface area contributed by atoms with Crippen LogP contribution in [0, 0.1) is 5.92 Å². The number of nitrogens with one attached hydrogen (secondary N) is 1. The van der Waals surface area contributed by atoms with Gasteiger partial charge in [0.1, 0.15) is 6.61 Å². The number of rotatable bonds is 4. The minimum Gasteiger partial charge on any atom is -0.372 e. The summed E-state index contributed by atoms with van der Waals surface area (Å²) in [6, 6.07) is 0. The van der Waals surface area contributed by atoms with Gasteiger partial charge in [0, 0.05) is 6.61 Å². The molecule has 1 rings (SSSR count). The molecule has 0 saturated carbocycles. The van der Waals surface area contributed by atoms with E-state index in [2.05, 4.69) is 10.1 Å². The van der Waals surface area contributed by atoms with Crippen LogP contribution in [0.25, 0.3) is 0 Å². The van der Waals surface area contributed by atoms with Gasteiger partial charge in [0.05, 0.1) is 0 Å². The van der Waals surface area contributed by atoms with E-state index in [1.165, 1.54) is 0 Å². The van der Waals surface area contributed by atoms with Crippen LogP contribution in [0.3, 0.4) is 0 Å². The van der Waals surface area contributed by atoms with Gasteiger partial charge in [-0.25, -0.2) is 0 Å². The van der Waals surface area contributed by atoms with Crippen molar-refractivity contribution >= 4 is 0 Å². The van der Waals surface area contributed by atoms with Gasteiger partial charge in [-0.1, -0.05) is 0 Å². The average molecular weight is 211 g/mol. The summed E-state index contributed by atoms with van der Waals surface area (Å²) in [6.45, 7) is 1.04. The summed E-state index contributed by atoms with van der Waals surface area (Å²) in [5.74, 6) is 0.483. The molecule has 1 atom stereocenters. The van der Waals surface area contributed by atoms with Crippen molar-refractivity contribution in [1.29, 1.82) is 0 Å². The summed E-state index contributed by atoms with van der Waals surface area (Å²) in [4.78, 5) is 0. The third-order valence-corrected chi connectivity index (χ3v) is 2.34. The maximum Gasteiger partial charge on any atom is 0.411 e. The lowest BCUT2D eigenvalue weighted by Gasteiger charge is -2.22. The van der Waals surface area contributed by atoms with Crippen LogP contribution in [-0.4, -0.2) is 32.5 Å². The van der Waals surface area contributed by atoms with Crippen molar-refractivity contribution in [1.82, 2.24) is 5.32 Å². The van der Waals surface area contributed by atoms with E-state index in [-0.39, 0.29) is 6.61 Å². The molecule has 2 nitrogen and oxygen atoms in total. The van der Waals surface area contributed by atoms with Crippen LogP contribution in [0.15, 0.2) is 0 Å². The maximum atomic E-state index is 11.7. The number of ether oxygens (including phenoxy) is 1. The summed E-state index contributed by atoms with van der Waals surface area (Å²) >= 11 is 0. The summed E-state index contributed by atoms with van der Waals surface area (Å²) in [5.41, 5.74) is 0. The molecule has 1 heterocycles. The van der Waals surface area contributed by atoms with E-state index in [0.717, 1.165) is 32.4 Å². The van der Waals surface area contributed by atoms with Crippen LogP contribution >= 0.6 is 0 Å². The molecule has 1 fully saturated rings. The molecule has 0 radical (unpaired) electrons. The van der Waals surface area contributed by atoms with Crippen LogP contribution in [0.2, 0.25) is 0 Å². The number of hydrogen-bond acceptors (Lipinski definition) is 2. The maximum absolute atomic E-state index is 11.7. The SMILES string of the molecule is FC(F)(F)COCCC1CCCNC1. The zero-order valence-corrected chi connectivity index (χ0v) is 8.07. The van der Waals surface area contributed by atoms with Crippen molar-refractivity contribution in [2.75, 3.05) is 26.3 Å². The highest BCUT2D eigenvalue weighted by atomic mass is 19.4. The topological polar surface area (TPSA) is 21.3 Å². The molecular weight excluding hydrogens is 195 g/mol.